The zero-order valence-electron chi connectivity index (χ0n) is 33.9. The number of benzene rings is 3. The SMILES string of the molecule is CCCCc1cc(NC(=O)Nc2ccc(OCc3ccnc(Nc4cnc(C(=O)NCCN5CCN(C(=O)O)C(C)C5)cn4)c3)c3ccccc23)n(-c2ccc(C)cc2)n1. The average Bonchev–Trinajstić information content (AvgIpc) is 3.65. The molecule has 0 saturated carbocycles. The van der Waals surface area contributed by atoms with Crippen LogP contribution >= 0.6 is 0 Å². The predicted octanol–water partition coefficient (Wildman–Crippen LogP) is 7.24. The molecule has 1 unspecified atom stereocenters. The van der Waals surface area contributed by atoms with Crippen molar-refractivity contribution in [1.82, 2.24) is 39.8 Å². The van der Waals surface area contributed by atoms with E-state index in [1.54, 1.807) is 10.9 Å². The highest BCUT2D eigenvalue weighted by molar-refractivity contribution is 6.07. The standard InChI is InChI=1S/C44H49N11O5/c1-4-5-8-32-24-41(55(52-32)33-13-11-29(2)12-14-33)51-43(57)49-36-15-16-38(35-10-7-6-9-34(35)36)60-28-31-17-18-45-39(23-31)50-40-26-47-37(25-48-40)42(56)46-19-20-53-21-22-54(44(58)59)30(3)27-53/h6-7,9-18,23-26,30H,4-5,8,19-22,27-28H2,1-3H3,(H,46,56)(H,58,59)(H,45,48,50)(H2,49,51,57). The maximum absolute atomic E-state index is 13.5. The molecule has 0 radical (unpaired) electrons. The Morgan fingerprint density at radius 3 is 2.47 bits per heavy atom. The molecule has 4 heterocycles. The van der Waals surface area contributed by atoms with Crippen LogP contribution in [0.5, 0.6) is 5.75 Å². The lowest BCUT2D eigenvalue weighted by Gasteiger charge is -2.38. The number of urea groups is 1. The van der Waals surface area contributed by atoms with E-state index in [1.165, 1.54) is 17.3 Å². The number of carbonyl (C=O) groups excluding carboxylic acids is 2. The summed E-state index contributed by atoms with van der Waals surface area (Å²) >= 11 is 0. The average molecular weight is 812 g/mol. The summed E-state index contributed by atoms with van der Waals surface area (Å²) in [7, 11) is 0. The number of carboxylic acid groups (broad SMARTS) is 1. The summed E-state index contributed by atoms with van der Waals surface area (Å²) in [6.07, 6.45) is 6.50. The molecule has 1 saturated heterocycles. The van der Waals surface area contributed by atoms with E-state index in [0.29, 0.717) is 61.6 Å². The van der Waals surface area contributed by atoms with Gasteiger partial charge in [-0.15, -0.1) is 0 Å². The van der Waals surface area contributed by atoms with Gasteiger partial charge in [0.05, 0.1) is 29.5 Å². The van der Waals surface area contributed by atoms with Gasteiger partial charge in [0.25, 0.3) is 5.91 Å². The third-order valence-corrected chi connectivity index (χ3v) is 10.2. The van der Waals surface area contributed by atoms with E-state index in [4.69, 9.17) is 9.84 Å². The van der Waals surface area contributed by atoms with Crippen LogP contribution in [-0.2, 0) is 13.0 Å². The zero-order valence-corrected chi connectivity index (χ0v) is 33.9. The Kier molecular flexibility index (Phi) is 13.1. The van der Waals surface area contributed by atoms with Crippen molar-refractivity contribution >= 4 is 51.9 Å². The number of ether oxygens (including phenoxy) is 1. The Balaban J connectivity index is 0.936. The first-order chi connectivity index (χ1) is 29.1. The van der Waals surface area contributed by atoms with Crippen molar-refractivity contribution in [3.8, 4) is 11.4 Å². The van der Waals surface area contributed by atoms with E-state index in [9.17, 15) is 19.5 Å². The van der Waals surface area contributed by atoms with Gasteiger partial charge in [-0.3, -0.25) is 15.0 Å². The predicted molar refractivity (Wildman–Crippen MR) is 230 cm³/mol. The van der Waals surface area contributed by atoms with Crippen LogP contribution in [0.2, 0.25) is 0 Å². The number of aromatic nitrogens is 5. The second kappa shape index (κ2) is 19.1. The molecule has 4 amide bonds. The number of hydrogen-bond donors (Lipinski definition) is 5. The Hall–Kier alpha value is -7.07. The Bertz CT molecular complexity index is 2440. The molecule has 1 fully saturated rings. The minimum atomic E-state index is -0.911. The smallest absolute Gasteiger partial charge is 0.407 e. The molecule has 3 aromatic carbocycles. The monoisotopic (exact) mass is 811 g/mol. The van der Waals surface area contributed by atoms with Gasteiger partial charge in [-0.2, -0.15) is 5.10 Å². The summed E-state index contributed by atoms with van der Waals surface area (Å²) in [6.45, 7) is 8.96. The summed E-state index contributed by atoms with van der Waals surface area (Å²) in [6, 6.07) is 24.6. The molecule has 0 bridgehead atoms. The van der Waals surface area contributed by atoms with Crippen molar-refractivity contribution in [2.45, 2.75) is 52.7 Å². The summed E-state index contributed by atoms with van der Waals surface area (Å²) in [5, 5.41) is 27.8. The lowest BCUT2D eigenvalue weighted by atomic mass is 10.1. The van der Waals surface area contributed by atoms with Crippen LogP contribution in [0.1, 0.15) is 54.0 Å². The highest BCUT2D eigenvalue weighted by atomic mass is 16.5. The Labute approximate surface area is 348 Å². The Morgan fingerprint density at radius 2 is 1.72 bits per heavy atom. The lowest BCUT2D eigenvalue weighted by molar-refractivity contribution is 0.0737. The quantitative estimate of drug-likeness (QED) is 0.0702. The van der Waals surface area contributed by atoms with E-state index >= 15 is 0 Å². The van der Waals surface area contributed by atoms with Gasteiger partial charge < -0.3 is 30.7 Å². The molecule has 16 heteroatoms. The maximum Gasteiger partial charge on any atom is 0.407 e. The number of carbonyl (C=O) groups is 3. The number of nitrogens with one attached hydrogen (secondary N) is 4. The molecular weight excluding hydrogens is 763 g/mol. The fraction of sp³-hybridized carbons (Fsp3) is 0.295. The van der Waals surface area contributed by atoms with Gasteiger partial charge in [0.2, 0.25) is 0 Å². The second-order valence-corrected chi connectivity index (χ2v) is 14.7. The number of aryl methyl sites for hydroxylation is 2. The van der Waals surface area contributed by atoms with Crippen molar-refractivity contribution in [3.63, 3.8) is 0 Å². The number of anilines is 4. The van der Waals surface area contributed by atoms with Crippen LogP contribution in [0.25, 0.3) is 16.5 Å². The minimum Gasteiger partial charge on any atom is -0.488 e. The van der Waals surface area contributed by atoms with Crippen LogP contribution in [0.4, 0.5) is 32.7 Å². The molecule has 310 valence electrons. The fourth-order valence-electron chi connectivity index (χ4n) is 7.03. The number of piperazine rings is 1. The van der Waals surface area contributed by atoms with E-state index in [2.05, 4.69) is 48.0 Å². The molecular formula is C44H49N11O5. The third kappa shape index (κ3) is 10.3. The van der Waals surface area contributed by atoms with Crippen LogP contribution in [0.15, 0.2) is 97.5 Å². The fourth-order valence-corrected chi connectivity index (χ4v) is 7.03. The minimum absolute atomic E-state index is 0.109. The summed E-state index contributed by atoms with van der Waals surface area (Å²) in [5.41, 5.74) is 4.57. The summed E-state index contributed by atoms with van der Waals surface area (Å²) in [5.74, 6) is 1.82. The van der Waals surface area contributed by atoms with E-state index in [1.807, 2.05) is 92.7 Å². The van der Waals surface area contributed by atoms with E-state index in [-0.39, 0.29) is 30.3 Å². The number of hydrogen-bond acceptors (Lipinski definition) is 10. The number of rotatable bonds is 15. The zero-order chi connectivity index (χ0) is 42.0. The van der Waals surface area contributed by atoms with Gasteiger partial charge in [0, 0.05) is 61.8 Å². The number of nitrogens with zero attached hydrogens (tertiary/aromatic N) is 7. The van der Waals surface area contributed by atoms with E-state index < -0.39 is 6.09 Å². The van der Waals surface area contributed by atoms with Gasteiger partial charge in [0.15, 0.2) is 0 Å². The second-order valence-electron chi connectivity index (χ2n) is 14.7. The molecule has 1 atom stereocenters. The molecule has 0 aliphatic carbocycles. The number of fused-ring (bicyclic) bond motifs is 1. The molecule has 0 spiro atoms. The van der Waals surface area contributed by atoms with Crippen LogP contribution in [0.3, 0.4) is 0 Å². The first kappa shape index (κ1) is 41.1. The van der Waals surface area contributed by atoms with Gasteiger partial charge >= 0.3 is 12.1 Å². The van der Waals surface area contributed by atoms with Gasteiger partial charge in [-0.25, -0.2) is 29.2 Å². The number of pyridine rings is 1. The molecule has 1 aliphatic heterocycles. The third-order valence-electron chi connectivity index (χ3n) is 10.2. The molecule has 6 aromatic rings. The number of unbranched alkanes of at least 4 members (excludes halogenated alkanes) is 1. The van der Waals surface area contributed by atoms with Crippen molar-refractivity contribution in [3.05, 3.63) is 120 Å². The van der Waals surface area contributed by atoms with Gasteiger partial charge in [-0.05, 0) is 68.7 Å². The van der Waals surface area contributed by atoms with Crippen molar-refractivity contribution in [2.75, 3.05) is 48.7 Å². The molecule has 7 rings (SSSR count). The number of amides is 4. The molecule has 60 heavy (non-hydrogen) atoms. The van der Waals surface area contributed by atoms with Crippen LogP contribution < -0.4 is 26.0 Å². The maximum atomic E-state index is 13.5. The van der Waals surface area contributed by atoms with Gasteiger partial charge in [0.1, 0.15) is 35.5 Å². The first-order valence-corrected chi connectivity index (χ1v) is 20.1. The van der Waals surface area contributed by atoms with Crippen LogP contribution in [-0.4, -0.2) is 96.4 Å². The summed E-state index contributed by atoms with van der Waals surface area (Å²) in [4.78, 5) is 54.1. The molecule has 5 N–H and O–H groups in total. The largest absolute Gasteiger partial charge is 0.488 e. The van der Waals surface area contributed by atoms with Crippen molar-refractivity contribution in [1.29, 1.82) is 0 Å². The first-order valence-electron chi connectivity index (χ1n) is 20.1. The van der Waals surface area contributed by atoms with Crippen molar-refractivity contribution < 1.29 is 24.2 Å². The lowest BCUT2D eigenvalue weighted by Crippen LogP contribution is -2.54. The Morgan fingerprint density at radius 1 is 0.900 bits per heavy atom. The topological polar surface area (TPSA) is 192 Å². The molecule has 16 nitrogen and oxygen atoms in total. The normalized spacial score (nSPS) is 14.1. The summed E-state index contributed by atoms with van der Waals surface area (Å²) < 4.78 is 8.08. The molecule has 1 aliphatic rings. The van der Waals surface area contributed by atoms with Gasteiger partial charge in [-0.1, -0.05) is 55.3 Å². The highest BCUT2D eigenvalue weighted by Crippen LogP contribution is 2.32. The van der Waals surface area contributed by atoms with Crippen LogP contribution in [0, 0.1) is 6.92 Å². The highest BCUT2D eigenvalue weighted by Gasteiger charge is 2.27. The van der Waals surface area contributed by atoms with Crippen molar-refractivity contribution in [2.24, 2.45) is 0 Å². The molecule has 3 aromatic heterocycles. The van der Waals surface area contributed by atoms with E-state index in [0.717, 1.165) is 52.5 Å².